The largest absolute Gasteiger partial charge is 0.497 e. The van der Waals surface area contributed by atoms with Crippen molar-refractivity contribution in [3.05, 3.63) is 47.8 Å². The highest BCUT2D eigenvalue weighted by molar-refractivity contribution is 5.78. The van der Waals surface area contributed by atoms with E-state index < -0.39 is 0 Å². The van der Waals surface area contributed by atoms with Crippen LogP contribution in [0.5, 0.6) is 5.75 Å². The molecule has 0 spiro atoms. The molecule has 1 fully saturated rings. The minimum atomic E-state index is 0.151. The molecule has 2 aliphatic rings. The van der Waals surface area contributed by atoms with Crippen LogP contribution < -0.4 is 4.74 Å². The Morgan fingerprint density at radius 2 is 2.07 bits per heavy atom. The minimum absolute atomic E-state index is 0.151. The van der Waals surface area contributed by atoms with E-state index in [0.717, 1.165) is 53.9 Å². The zero-order valence-corrected chi connectivity index (χ0v) is 16.3. The normalized spacial score (nSPS) is 20.4. The van der Waals surface area contributed by atoms with E-state index in [1.54, 1.807) is 7.11 Å². The van der Waals surface area contributed by atoms with Gasteiger partial charge in [0.2, 0.25) is 5.91 Å². The van der Waals surface area contributed by atoms with E-state index in [0.29, 0.717) is 6.42 Å². The summed E-state index contributed by atoms with van der Waals surface area (Å²) in [5.74, 6) is 1.11. The number of hydrogen-bond acceptors (Lipinski definition) is 4. The molecule has 1 aromatic carbocycles. The maximum atomic E-state index is 12.6. The molecule has 1 amide bonds. The molecule has 0 radical (unpaired) electrons. The summed E-state index contributed by atoms with van der Waals surface area (Å²) in [5, 5.41) is 4.86. The minimum Gasteiger partial charge on any atom is -0.497 e. The quantitative estimate of drug-likeness (QED) is 0.695. The molecule has 28 heavy (non-hydrogen) atoms. The first-order valence-corrected chi connectivity index (χ1v) is 10.0. The number of hydrogen-bond donors (Lipinski definition) is 0. The summed E-state index contributed by atoms with van der Waals surface area (Å²) < 4.78 is 7.23. The first kappa shape index (κ1) is 17.2. The van der Waals surface area contributed by atoms with Crippen LogP contribution in [0.1, 0.15) is 49.9 Å². The summed E-state index contributed by atoms with van der Waals surface area (Å²) in [4.78, 5) is 19.4. The smallest absolute Gasteiger partial charge is 0.223 e. The zero-order valence-electron chi connectivity index (χ0n) is 16.3. The predicted molar refractivity (Wildman–Crippen MR) is 106 cm³/mol. The Hall–Kier alpha value is -2.89. The summed E-state index contributed by atoms with van der Waals surface area (Å²) in [7, 11) is 1.67. The van der Waals surface area contributed by atoms with Crippen molar-refractivity contribution in [1.29, 1.82) is 0 Å². The number of nitrogens with zero attached hydrogens (tertiary/aromatic N) is 4. The lowest BCUT2D eigenvalue weighted by atomic mass is 9.98. The zero-order chi connectivity index (χ0) is 19.3. The second-order valence-electron chi connectivity index (χ2n) is 7.69. The Labute approximate surface area is 164 Å². The maximum absolute atomic E-state index is 12.6. The molecule has 6 heteroatoms. The fourth-order valence-electron chi connectivity index (χ4n) is 4.71. The van der Waals surface area contributed by atoms with E-state index in [-0.39, 0.29) is 18.0 Å². The molecular formula is C22H24N4O2. The number of amides is 1. The Balaban J connectivity index is 1.55. The molecule has 2 aliphatic heterocycles. The highest BCUT2D eigenvalue weighted by atomic mass is 16.5. The number of carbonyl (C=O) groups is 1. The molecule has 2 bridgehead atoms. The van der Waals surface area contributed by atoms with Gasteiger partial charge in [-0.2, -0.15) is 5.10 Å². The number of carbonyl (C=O) groups excluding carboxylic acids is 1. The molecule has 0 unspecified atom stereocenters. The van der Waals surface area contributed by atoms with E-state index in [4.69, 9.17) is 9.84 Å². The van der Waals surface area contributed by atoms with E-state index in [2.05, 4.69) is 16.8 Å². The van der Waals surface area contributed by atoms with Crippen LogP contribution >= 0.6 is 0 Å². The Kier molecular flexibility index (Phi) is 4.07. The van der Waals surface area contributed by atoms with Gasteiger partial charge in [0, 0.05) is 42.3 Å². The topological polar surface area (TPSA) is 59.7 Å². The fourth-order valence-corrected chi connectivity index (χ4v) is 4.71. The van der Waals surface area contributed by atoms with Crippen LogP contribution in [0, 0.1) is 0 Å². The lowest BCUT2D eigenvalue weighted by Gasteiger charge is -2.36. The summed E-state index contributed by atoms with van der Waals surface area (Å²) >= 11 is 0. The van der Waals surface area contributed by atoms with Gasteiger partial charge in [-0.1, -0.05) is 6.92 Å². The summed E-state index contributed by atoms with van der Waals surface area (Å²) in [6.07, 6.45) is 6.41. The van der Waals surface area contributed by atoms with Crippen molar-refractivity contribution in [3.63, 3.8) is 0 Å². The van der Waals surface area contributed by atoms with Crippen LogP contribution in [0.15, 0.2) is 36.5 Å². The number of fused-ring (bicyclic) bond motifs is 6. The Morgan fingerprint density at radius 3 is 2.82 bits per heavy atom. The summed E-state index contributed by atoms with van der Waals surface area (Å²) in [5.41, 5.74) is 5.17. The van der Waals surface area contributed by atoms with Crippen LogP contribution in [0.3, 0.4) is 0 Å². The van der Waals surface area contributed by atoms with Crippen LogP contribution in [0.2, 0.25) is 0 Å². The van der Waals surface area contributed by atoms with Gasteiger partial charge in [-0.05, 0) is 43.5 Å². The first-order chi connectivity index (χ1) is 13.7. The molecule has 4 heterocycles. The van der Waals surface area contributed by atoms with Gasteiger partial charge in [-0.25, -0.2) is 9.50 Å². The first-order valence-electron chi connectivity index (χ1n) is 10.0. The third-order valence-corrected chi connectivity index (χ3v) is 6.04. The maximum Gasteiger partial charge on any atom is 0.223 e. The van der Waals surface area contributed by atoms with Crippen molar-refractivity contribution in [3.8, 4) is 17.0 Å². The van der Waals surface area contributed by atoms with Gasteiger partial charge in [0.25, 0.3) is 0 Å². The van der Waals surface area contributed by atoms with Crippen LogP contribution in [0.25, 0.3) is 16.9 Å². The number of ether oxygens (including phenoxy) is 1. The molecule has 0 aliphatic carbocycles. The van der Waals surface area contributed by atoms with Crippen molar-refractivity contribution in [2.75, 3.05) is 7.11 Å². The summed E-state index contributed by atoms with van der Waals surface area (Å²) in [6, 6.07) is 10.4. The standard InChI is InChI=1S/C22H24N4O2/c1-3-4-22(27)25-15-7-10-19(25)17-13-23-21-12-18(24-26(21)20(17)11-15)14-5-8-16(28-2)9-6-14/h5-6,8-9,12-13,15,19H,3-4,7,10-11H2,1-2H3/t15-,19-/m0/s1. The third-order valence-electron chi connectivity index (χ3n) is 6.04. The van der Waals surface area contributed by atoms with Gasteiger partial charge in [0.05, 0.1) is 24.5 Å². The van der Waals surface area contributed by atoms with Crippen molar-refractivity contribution in [2.24, 2.45) is 0 Å². The number of benzene rings is 1. The van der Waals surface area contributed by atoms with Gasteiger partial charge in [-0.15, -0.1) is 0 Å². The molecule has 144 valence electrons. The van der Waals surface area contributed by atoms with E-state index in [9.17, 15) is 4.79 Å². The van der Waals surface area contributed by atoms with Gasteiger partial charge in [-0.3, -0.25) is 4.79 Å². The SMILES string of the molecule is CCCC(=O)N1[C@H]2CC[C@H]1c1cnc3cc(-c4ccc(OC)cc4)nn3c1C2. The molecule has 6 nitrogen and oxygen atoms in total. The number of methoxy groups -OCH3 is 1. The predicted octanol–water partition coefficient (Wildman–Crippen LogP) is 3.79. The molecular weight excluding hydrogens is 352 g/mol. The van der Waals surface area contributed by atoms with Gasteiger partial charge >= 0.3 is 0 Å². The molecule has 1 saturated heterocycles. The third kappa shape index (κ3) is 2.58. The van der Waals surface area contributed by atoms with E-state index >= 15 is 0 Å². The molecule has 3 aromatic rings. The lowest BCUT2D eigenvalue weighted by Crippen LogP contribution is -2.42. The van der Waals surface area contributed by atoms with E-state index in [1.165, 1.54) is 5.69 Å². The lowest BCUT2D eigenvalue weighted by molar-refractivity contribution is -0.134. The molecule has 2 atom stereocenters. The van der Waals surface area contributed by atoms with Crippen molar-refractivity contribution >= 4 is 11.6 Å². The fraction of sp³-hybridized carbons (Fsp3) is 0.409. The number of aromatic nitrogens is 3. The highest BCUT2D eigenvalue weighted by Crippen LogP contribution is 2.44. The molecule has 0 N–H and O–H groups in total. The highest BCUT2D eigenvalue weighted by Gasteiger charge is 2.43. The average molecular weight is 376 g/mol. The van der Waals surface area contributed by atoms with Crippen molar-refractivity contribution < 1.29 is 9.53 Å². The van der Waals surface area contributed by atoms with Crippen LogP contribution in [-0.4, -0.2) is 38.6 Å². The van der Waals surface area contributed by atoms with Gasteiger partial charge < -0.3 is 9.64 Å². The molecule has 5 rings (SSSR count). The average Bonchev–Trinajstić information content (AvgIpc) is 3.29. The van der Waals surface area contributed by atoms with Crippen LogP contribution in [-0.2, 0) is 11.2 Å². The van der Waals surface area contributed by atoms with Crippen molar-refractivity contribution in [1.82, 2.24) is 19.5 Å². The number of rotatable bonds is 4. The van der Waals surface area contributed by atoms with Crippen molar-refractivity contribution in [2.45, 2.75) is 51.1 Å². The van der Waals surface area contributed by atoms with Gasteiger partial charge in [0.15, 0.2) is 5.65 Å². The molecule has 2 aromatic heterocycles. The monoisotopic (exact) mass is 376 g/mol. The van der Waals surface area contributed by atoms with E-state index in [1.807, 2.05) is 41.0 Å². The van der Waals surface area contributed by atoms with Gasteiger partial charge in [0.1, 0.15) is 5.75 Å². The Morgan fingerprint density at radius 1 is 1.25 bits per heavy atom. The summed E-state index contributed by atoms with van der Waals surface area (Å²) in [6.45, 7) is 2.06. The second-order valence-corrected chi connectivity index (χ2v) is 7.69. The molecule has 0 saturated carbocycles. The second kappa shape index (κ2) is 6.62. The van der Waals surface area contributed by atoms with Crippen LogP contribution in [0.4, 0.5) is 0 Å². The Bertz CT molecular complexity index is 1040.